The fraction of sp³-hybridized carbons (Fsp3) is 0.200. The van der Waals surface area contributed by atoms with E-state index in [0.29, 0.717) is 23.7 Å². The number of oxazole rings is 1. The van der Waals surface area contributed by atoms with E-state index >= 15 is 0 Å². The van der Waals surface area contributed by atoms with Gasteiger partial charge in [-0.15, -0.1) is 11.3 Å². The van der Waals surface area contributed by atoms with E-state index in [-0.39, 0.29) is 5.56 Å². The predicted molar refractivity (Wildman–Crippen MR) is 82.0 cm³/mol. The highest BCUT2D eigenvalue weighted by Crippen LogP contribution is 2.23. The van der Waals surface area contributed by atoms with Gasteiger partial charge in [0.1, 0.15) is 5.52 Å². The average Bonchev–Trinajstić information content (AvgIpc) is 3.09. The molecule has 0 saturated heterocycles. The van der Waals surface area contributed by atoms with Crippen molar-refractivity contribution in [3.8, 4) is 0 Å². The number of thiophene rings is 1. The number of benzene rings is 1. The molecule has 3 aromatic rings. The topological polar surface area (TPSA) is 75.4 Å². The summed E-state index contributed by atoms with van der Waals surface area (Å²) in [6, 6.07) is 7.18. The molecule has 5 nitrogen and oxygen atoms in total. The van der Waals surface area contributed by atoms with Crippen molar-refractivity contribution in [3.05, 3.63) is 45.6 Å². The number of hydrogen-bond acceptors (Lipinski definition) is 5. The van der Waals surface area contributed by atoms with Gasteiger partial charge in [-0.25, -0.2) is 4.79 Å². The summed E-state index contributed by atoms with van der Waals surface area (Å²) in [4.78, 5) is 16.5. The van der Waals surface area contributed by atoms with Crippen LogP contribution in [0.1, 0.15) is 27.7 Å². The third kappa shape index (κ3) is 2.75. The first-order valence-corrected chi connectivity index (χ1v) is 7.48. The van der Waals surface area contributed by atoms with E-state index < -0.39 is 5.97 Å². The van der Waals surface area contributed by atoms with Gasteiger partial charge in [-0.1, -0.05) is 6.92 Å². The Morgan fingerprint density at radius 3 is 3.05 bits per heavy atom. The standard InChI is InChI=1S/C15H14N2O3S/c1-2-9-5-6-21-13(9)8-16-15-17-11-4-3-10(14(18)19)7-12(11)20-15/h3-7H,2,8H2,1H3,(H,16,17)(H,18,19). The number of carboxylic acid groups (broad SMARTS) is 1. The maximum atomic E-state index is 10.9. The summed E-state index contributed by atoms with van der Waals surface area (Å²) in [6.45, 7) is 2.78. The SMILES string of the molecule is CCc1ccsc1CNc1nc2ccc(C(=O)O)cc2o1. The van der Waals surface area contributed by atoms with Gasteiger partial charge < -0.3 is 14.8 Å². The fourth-order valence-electron chi connectivity index (χ4n) is 2.13. The molecule has 2 heterocycles. The second kappa shape index (κ2) is 5.57. The third-order valence-electron chi connectivity index (χ3n) is 3.25. The molecule has 0 aliphatic carbocycles. The molecule has 0 radical (unpaired) electrons. The highest BCUT2D eigenvalue weighted by Gasteiger charge is 2.10. The van der Waals surface area contributed by atoms with Crippen molar-refractivity contribution in [1.82, 2.24) is 4.98 Å². The van der Waals surface area contributed by atoms with Crippen molar-refractivity contribution >= 4 is 34.4 Å². The lowest BCUT2D eigenvalue weighted by atomic mass is 10.2. The van der Waals surface area contributed by atoms with Gasteiger partial charge in [0, 0.05) is 4.88 Å². The monoisotopic (exact) mass is 302 g/mol. The lowest BCUT2D eigenvalue weighted by Crippen LogP contribution is -1.99. The number of carbonyl (C=O) groups is 1. The summed E-state index contributed by atoms with van der Waals surface area (Å²) in [6.07, 6.45) is 0.996. The molecule has 0 spiro atoms. The van der Waals surface area contributed by atoms with Crippen molar-refractivity contribution < 1.29 is 14.3 Å². The van der Waals surface area contributed by atoms with Crippen LogP contribution in [0.3, 0.4) is 0 Å². The van der Waals surface area contributed by atoms with Crippen LogP contribution in [-0.2, 0) is 13.0 Å². The number of aromatic nitrogens is 1. The van der Waals surface area contributed by atoms with E-state index in [0.717, 1.165) is 6.42 Å². The molecule has 0 fully saturated rings. The van der Waals surface area contributed by atoms with E-state index in [9.17, 15) is 4.79 Å². The molecule has 0 atom stereocenters. The van der Waals surface area contributed by atoms with Crippen LogP contribution >= 0.6 is 11.3 Å². The fourth-order valence-corrected chi connectivity index (χ4v) is 3.04. The van der Waals surface area contributed by atoms with Crippen LogP contribution in [0.2, 0.25) is 0 Å². The van der Waals surface area contributed by atoms with Crippen LogP contribution in [0.15, 0.2) is 34.1 Å². The average molecular weight is 302 g/mol. The maximum absolute atomic E-state index is 10.9. The molecular weight excluding hydrogens is 288 g/mol. The normalized spacial score (nSPS) is 10.9. The van der Waals surface area contributed by atoms with Crippen molar-refractivity contribution in [2.75, 3.05) is 5.32 Å². The minimum Gasteiger partial charge on any atom is -0.478 e. The Morgan fingerprint density at radius 1 is 1.43 bits per heavy atom. The summed E-state index contributed by atoms with van der Waals surface area (Å²) in [7, 11) is 0. The van der Waals surface area contributed by atoms with E-state index in [4.69, 9.17) is 9.52 Å². The molecule has 6 heteroatoms. The molecule has 0 bridgehead atoms. The zero-order chi connectivity index (χ0) is 14.8. The molecule has 1 aromatic carbocycles. The molecule has 0 aliphatic rings. The number of rotatable bonds is 5. The van der Waals surface area contributed by atoms with Crippen molar-refractivity contribution in [2.45, 2.75) is 19.9 Å². The Balaban J connectivity index is 1.80. The largest absolute Gasteiger partial charge is 0.478 e. The number of aryl methyl sites for hydroxylation is 1. The Morgan fingerprint density at radius 2 is 2.29 bits per heavy atom. The molecule has 2 N–H and O–H groups in total. The van der Waals surface area contributed by atoms with Gasteiger partial charge in [-0.3, -0.25) is 0 Å². The number of hydrogen-bond donors (Lipinski definition) is 2. The first kappa shape index (κ1) is 13.6. The minimum atomic E-state index is -0.978. The van der Waals surface area contributed by atoms with Crippen LogP contribution in [0.4, 0.5) is 6.01 Å². The molecule has 21 heavy (non-hydrogen) atoms. The Labute approximate surface area is 125 Å². The third-order valence-corrected chi connectivity index (χ3v) is 4.22. The number of fused-ring (bicyclic) bond motifs is 1. The van der Waals surface area contributed by atoms with Gasteiger partial charge in [0.15, 0.2) is 5.58 Å². The van der Waals surface area contributed by atoms with Crippen LogP contribution in [0.5, 0.6) is 0 Å². The lowest BCUT2D eigenvalue weighted by Gasteiger charge is -2.01. The predicted octanol–water partition coefficient (Wildman–Crippen LogP) is 3.76. The van der Waals surface area contributed by atoms with Crippen LogP contribution in [0, 0.1) is 0 Å². The minimum absolute atomic E-state index is 0.191. The Kier molecular flexibility index (Phi) is 3.62. The van der Waals surface area contributed by atoms with Crippen molar-refractivity contribution in [3.63, 3.8) is 0 Å². The second-order valence-corrected chi connectivity index (χ2v) is 5.58. The Hall–Kier alpha value is -2.34. The number of aromatic carboxylic acids is 1. The highest BCUT2D eigenvalue weighted by atomic mass is 32.1. The summed E-state index contributed by atoms with van der Waals surface area (Å²) >= 11 is 1.70. The van der Waals surface area contributed by atoms with E-state index in [1.54, 1.807) is 17.4 Å². The molecule has 0 saturated carbocycles. The van der Waals surface area contributed by atoms with Crippen molar-refractivity contribution in [1.29, 1.82) is 0 Å². The summed E-state index contributed by atoms with van der Waals surface area (Å²) in [5.41, 5.74) is 2.62. The van der Waals surface area contributed by atoms with Crippen molar-refractivity contribution in [2.24, 2.45) is 0 Å². The summed E-state index contributed by atoms with van der Waals surface area (Å²) in [5.74, 6) is -0.978. The van der Waals surface area contributed by atoms with Gasteiger partial charge in [0.2, 0.25) is 0 Å². The smallest absolute Gasteiger partial charge is 0.335 e. The van der Waals surface area contributed by atoms with Gasteiger partial charge in [0.05, 0.1) is 12.1 Å². The van der Waals surface area contributed by atoms with Gasteiger partial charge in [-0.05, 0) is 41.6 Å². The molecule has 3 rings (SSSR count). The van der Waals surface area contributed by atoms with E-state index in [1.807, 2.05) is 0 Å². The second-order valence-electron chi connectivity index (χ2n) is 4.58. The first-order chi connectivity index (χ1) is 10.2. The quantitative estimate of drug-likeness (QED) is 0.750. The first-order valence-electron chi connectivity index (χ1n) is 6.60. The van der Waals surface area contributed by atoms with Crippen LogP contribution in [0.25, 0.3) is 11.1 Å². The zero-order valence-electron chi connectivity index (χ0n) is 11.4. The molecule has 0 amide bonds. The van der Waals surface area contributed by atoms with Gasteiger partial charge in [0.25, 0.3) is 6.01 Å². The van der Waals surface area contributed by atoms with Gasteiger partial charge in [-0.2, -0.15) is 4.98 Å². The maximum Gasteiger partial charge on any atom is 0.335 e. The Bertz CT molecular complexity index is 791. The molecule has 108 valence electrons. The number of nitrogens with zero attached hydrogens (tertiary/aromatic N) is 1. The van der Waals surface area contributed by atoms with Crippen LogP contribution < -0.4 is 5.32 Å². The summed E-state index contributed by atoms with van der Waals surface area (Å²) < 4.78 is 5.55. The van der Waals surface area contributed by atoms with E-state index in [1.165, 1.54) is 22.6 Å². The molecule has 0 aliphatic heterocycles. The number of carboxylic acids is 1. The number of anilines is 1. The number of nitrogens with one attached hydrogen (secondary N) is 1. The zero-order valence-corrected chi connectivity index (χ0v) is 12.2. The molecule has 2 aromatic heterocycles. The lowest BCUT2D eigenvalue weighted by molar-refractivity contribution is 0.0697. The highest BCUT2D eigenvalue weighted by molar-refractivity contribution is 7.10. The van der Waals surface area contributed by atoms with Crippen LogP contribution in [-0.4, -0.2) is 16.1 Å². The molecular formula is C15H14N2O3S. The van der Waals surface area contributed by atoms with E-state index in [2.05, 4.69) is 28.7 Å². The van der Waals surface area contributed by atoms with Gasteiger partial charge >= 0.3 is 5.97 Å². The summed E-state index contributed by atoms with van der Waals surface area (Å²) in [5, 5.41) is 14.2. The molecule has 0 unspecified atom stereocenters.